The SMILES string of the molecule is COC1=CC=COCO1. The minimum absolute atomic E-state index is 0.218. The summed E-state index contributed by atoms with van der Waals surface area (Å²) in [6, 6.07) is 0. The fourth-order valence-electron chi connectivity index (χ4n) is 0.480. The van der Waals surface area contributed by atoms with Crippen LogP contribution in [0.2, 0.25) is 0 Å². The quantitative estimate of drug-likeness (QED) is 0.527. The maximum absolute atomic E-state index is 4.91. The molecule has 0 aromatic heterocycles. The highest BCUT2D eigenvalue weighted by Gasteiger charge is 1.95. The van der Waals surface area contributed by atoms with E-state index in [4.69, 9.17) is 14.2 Å². The van der Waals surface area contributed by atoms with Gasteiger partial charge in [-0.2, -0.15) is 0 Å². The molecule has 0 aromatic rings. The monoisotopic (exact) mass is 128 g/mol. The van der Waals surface area contributed by atoms with Crippen molar-refractivity contribution in [1.29, 1.82) is 0 Å². The number of methoxy groups -OCH3 is 1. The summed E-state index contributed by atoms with van der Waals surface area (Å²) in [4.78, 5) is 0. The number of rotatable bonds is 1. The van der Waals surface area contributed by atoms with Gasteiger partial charge < -0.3 is 14.2 Å². The third kappa shape index (κ3) is 1.68. The van der Waals surface area contributed by atoms with Crippen LogP contribution in [0.3, 0.4) is 0 Å². The minimum Gasteiger partial charge on any atom is -0.469 e. The van der Waals surface area contributed by atoms with Crippen LogP contribution in [-0.4, -0.2) is 13.9 Å². The Balaban J connectivity index is 2.49. The Kier molecular flexibility index (Phi) is 2.01. The Morgan fingerprint density at radius 3 is 3.33 bits per heavy atom. The first kappa shape index (κ1) is 6.01. The topological polar surface area (TPSA) is 27.7 Å². The van der Waals surface area contributed by atoms with Crippen molar-refractivity contribution in [3.8, 4) is 0 Å². The molecular formula is C6H8O3. The summed E-state index contributed by atoms with van der Waals surface area (Å²) in [7, 11) is 1.55. The average Bonchev–Trinajstić information content (AvgIpc) is 2.13. The molecule has 0 amide bonds. The van der Waals surface area contributed by atoms with Crippen LogP contribution in [0.4, 0.5) is 0 Å². The van der Waals surface area contributed by atoms with Gasteiger partial charge in [-0.1, -0.05) is 0 Å². The van der Waals surface area contributed by atoms with E-state index in [1.54, 1.807) is 25.5 Å². The van der Waals surface area contributed by atoms with Gasteiger partial charge in [0.1, 0.15) is 0 Å². The average molecular weight is 128 g/mol. The highest BCUT2D eigenvalue weighted by atomic mass is 16.7. The standard InChI is InChI=1S/C6H8O3/c1-7-6-3-2-4-8-5-9-6/h2-4H,5H2,1H3. The Bertz CT molecular complexity index is 137. The van der Waals surface area contributed by atoms with Gasteiger partial charge in [0, 0.05) is 6.08 Å². The van der Waals surface area contributed by atoms with E-state index in [1.165, 1.54) is 0 Å². The van der Waals surface area contributed by atoms with Crippen LogP contribution in [0.15, 0.2) is 24.4 Å². The van der Waals surface area contributed by atoms with Gasteiger partial charge in [0.25, 0.3) is 5.95 Å². The molecule has 50 valence electrons. The first-order valence-electron chi connectivity index (χ1n) is 2.58. The van der Waals surface area contributed by atoms with Crippen molar-refractivity contribution in [2.75, 3.05) is 13.9 Å². The lowest BCUT2D eigenvalue weighted by atomic mass is 10.6. The second kappa shape index (κ2) is 3.02. The zero-order chi connectivity index (χ0) is 6.53. The van der Waals surface area contributed by atoms with E-state index < -0.39 is 0 Å². The van der Waals surface area contributed by atoms with Gasteiger partial charge in [0.15, 0.2) is 0 Å². The summed E-state index contributed by atoms with van der Waals surface area (Å²) in [5.74, 6) is 0.476. The van der Waals surface area contributed by atoms with Crippen molar-refractivity contribution in [1.82, 2.24) is 0 Å². The van der Waals surface area contributed by atoms with Crippen LogP contribution < -0.4 is 0 Å². The molecule has 0 aromatic carbocycles. The third-order valence-corrected chi connectivity index (χ3v) is 0.878. The van der Waals surface area contributed by atoms with Crippen LogP contribution in [0.25, 0.3) is 0 Å². The molecule has 0 bridgehead atoms. The second-order valence-electron chi connectivity index (χ2n) is 1.45. The van der Waals surface area contributed by atoms with Crippen molar-refractivity contribution >= 4 is 0 Å². The van der Waals surface area contributed by atoms with Crippen molar-refractivity contribution in [2.24, 2.45) is 0 Å². The van der Waals surface area contributed by atoms with E-state index >= 15 is 0 Å². The lowest BCUT2D eigenvalue weighted by molar-refractivity contribution is -0.0287. The normalized spacial score (nSPS) is 16.8. The summed E-state index contributed by atoms with van der Waals surface area (Å²) in [6.07, 6.45) is 4.95. The Hall–Kier alpha value is -1.12. The minimum atomic E-state index is 0.218. The fourth-order valence-corrected chi connectivity index (χ4v) is 0.480. The smallest absolute Gasteiger partial charge is 0.281 e. The number of allylic oxidation sites excluding steroid dienone is 2. The van der Waals surface area contributed by atoms with Crippen LogP contribution in [0.1, 0.15) is 0 Å². The van der Waals surface area contributed by atoms with E-state index in [9.17, 15) is 0 Å². The number of hydrogen-bond donors (Lipinski definition) is 0. The number of ether oxygens (including phenoxy) is 3. The predicted octanol–water partition coefficient (Wildman–Crippen LogP) is 0.992. The molecule has 0 unspecified atom stereocenters. The van der Waals surface area contributed by atoms with E-state index in [0.717, 1.165) is 0 Å². The molecule has 0 radical (unpaired) electrons. The van der Waals surface area contributed by atoms with Gasteiger partial charge in [-0.3, -0.25) is 0 Å². The van der Waals surface area contributed by atoms with Gasteiger partial charge in [-0.05, 0) is 6.08 Å². The highest BCUT2D eigenvalue weighted by Crippen LogP contribution is 2.01. The molecule has 3 nitrogen and oxygen atoms in total. The van der Waals surface area contributed by atoms with E-state index in [1.807, 2.05) is 0 Å². The molecule has 1 heterocycles. The molecule has 0 aliphatic carbocycles. The van der Waals surface area contributed by atoms with Crippen LogP contribution in [-0.2, 0) is 14.2 Å². The van der Waals surface area contributed by atoms with Gasteiger partial charge >= 0.3 is 0 Å². The van der Waals surface area contributed by atoms with E-state index in [2.05, 4.69) is 0 Å². The zero-order valence-corrected chi connectivity index (χ0v) is 5.16. The Labute approximate surface area is 53.5 Å². The Morgan fingerprint density at radius 2 is 2.56 bits per heavy atom. The highest BCUT2D eigenvalue weighted by molar-refractivity contribution is 5.01. The zero-order valence-electron chi connectivity index (χ0n) is 5.16. The molecule has 0 saturated carbocycles. The summed E-state index contributed by atoms with van der Waals surface area (Å²) in [5.41, 5.74) is 0. The van der Waals surface area contributed by atoms with Gasteiger partial charge in [0.2, 0.25) is 6.79 Å². The first-order chi connectivity index (χ1) is 4.43. The predicted molar refractivity (Wildman–Crippen MR) is 31.3 cm³/mol. The Morgan fingerprint density at radius 1 is 1.67 bits per heavy atom. The van der Waals surface area contributed by atoms with Crippen molar-refractivity contribution < 1.29 is 14.2 Å². The molecular weight excluding hydrogens is 120 g/mol. The molecule has 0 spiro atoms. The molecule has 0 fully saturated rings. The summed E-state index contributed by atoms with van der Waals surface area (Å²) in [6.45, 7) is 0.218. The fraction of sp³-hybridized carbons (Fsp3) is 0.333. The van der Waals surface area contributed by atoms with Crippen molar-refractivity contribution in [3.05, 3.63) is 24.4 Å². The lowest BCUT2D eigenvalue weighted by Gasteiger charge is -2.03. The maximum Gasteiger partial charge on any atom is 0.281 e. The molecule has 9 heavy (non-hydrogen) atoms. The summed E-state index contributed by atoms with van der Waals surface area (Å²) >= 11 is 0. The molecule has 1 rings (SSSR count). The molecule has 1 aliphatic rings. The molecule has 0 N–H and O–H groups in total. The van der Waals surface area contributed by atoms with Crippen LogP contribution in [0.5, 0.6) is 0 Å². The number of hydrogen-bond acceptors (Lipinski definition) is 3. The van der Waals surface area contributed by atoms with Crippen LogP contribution >= 0.6 is 0 Å². The maximum atomic E-state index is 4.91. The molecule has 1 aliphatic heterocycles. The molecule has 0 atom stereocenters. The van der Waals surface area contributed by atoms with E-state index in [-0.39, 0.29) is 6.79 Å². The second-order valence-corrected chi connectivity index (χ2v) is 1.45. The first-order valence-corrected chi connectivity index (χ1v) is 2.58. The van der Waals surface area contributed by atoms with E-state index in [0.29, 0.717) is 5.95 Å². The largest absolute Gasteiger partial charge is 0.469 e. The van der Waals surface area contributed by atoms with Gasteiger partial charge in [0.05, 0.1) is 13.4 Å². The third-order valence-electron chi connectivity index (χ3n) is 0.878. The van der Waals surface area contributed by atoms with Gasteiger partial charge in [-0.25, -0.2) is 0 Å². The van der Waals surface area contributed by atoms with Crippen LogP contribution in [0, 0.1) is 0 Å². The summed E-state index contributed by atoms with van der Waals surface area (Å²) < 4.78 is 14.5. The van der Waals surface area contributed by atoms with Gasteiger partial charge in [-0.15, -0.1) is 0 Å². The van der Waals surface area contributed by atoms with Crippen molar-refractivity contribution in [3.63, 3.8) is 0 Å². The molecule has 0 saturated heterocycles. The lowest BCUT2D eigenvalue weighted by Crippen LogP contribution is -1.95. The summed E-state index contributed by atoms with van der Waals surface area (Å²) in [5, 5.41) is 0. The molecule has 3 heteroatoms. The van der Waals surface area contributed by atoms with Crippen molar-refractivity contribution in [2.45, 2.75) is 0 Å².